The van der Waals surface area contributed by atoms with Gasteiger partial charge < -0.3 is 9.84 Å². The average Bonchev–Trinajstić information content (AvgIpc) is 2.13. The summed E-state index contributed by atoms with van der Waals surface area (Å²) in [5.74, 6) is -0.956. The van der Waals surface area contributed by atoms with Gasteiger partial charge in [-0.25, -0.2) is 4.98 Å². The van der Waals surface area contributed by atoms with E-state index in [0.29, 0.717) is 6.07 Å². The fourth-order valence-electron chi connectivity index (χ4n) is 1.04. The van der Waals surface area contributed by atoms with Gasteiger partial charge in [0.25, 0.3) is 0 Å². The molecule has 1 N–H and O–H groups in total. The number of aliphatic hydroxyl groups excluding tert-OH is 1. The number of aliphatic hydroxyl groups is 1. The highest BCUT2D eigenvalue weighted by atomic mass is 127. The molecule has 18 heavy (non-hydrogen) atoms. The van der Waals surface area contributed by atoms with Crippen LogP contribution < -0.4 is 4.74 Å². The van der Waals surface area contributed by atoms with Crippen LogP contribution in [0.5, 0.6) is 5.75 Å². The second-order valence-corrected chi connectivity index (χ2v) is 4.13. The molecule has 0 aliphatic rings. The van der Waals surface area contributed by atoms with Crippen molar-refractivity contribution >= 4 is 22.6 Å². The highest BCUT2D eigenvalue weighted by Crippen LogP contribution is 2.35. The van der Waals surface area contributed by atoms with Gasteiger partial charge in [-0.15, -0.1) is 13.2 Å². The van der Waals surface area contributed by atoms with Crippen molar-refractivity contribution in [2.24, 2.45) is 0 Å². The lowest BCUT2D eigenvalue weighted by Gasteiger charge is -2.15. The van der Waals surface area contributed by atoms with Gasteiger partial charge >= 0.3 is 12.5 Å². The summed E-state index contributed by atoms with van der Waals surface area (Å²) in [5, 5.41) is 8.72. The summed E-state index contributed by atoms with van der Waals surface area (Å²) in [6.45, 7) is -1.11. The van der Waals surface area contributed by atoms with E-state index in [1.165, 1.54) is 22.6 Å². The molecule has 0 unspecified atom stereocenters. The summed E-state index contributed by atoms with van der Waals surface area (Å²) >= 11 is 1.18. The summed E-state index contributed by atoms with van der Waals surface area (Å²) in [5.41, 5.74) is -2.21. The van der Waals surface area contributed by atoms with E-state index in [0.717, 1.165) is 0 Å². The smallest absolute Gasteiger partial charge is 0.404 e. The standard InChI is InChI=1S/C8H4F6INO2/c9-7(10,11)6-3(15)1-5(4(2-17)16-6)18-8(12,13)14/h1,17H,2H2. The number of alkyl halides is 6. The highest BCUT2D eigenvalue weighted by Gasteiger charge is 2.38. The first-order chi connectivity index (χ1) is 8.04. The molecule has 0 bridgehead atoms. The second-order valence-electron chi connectivity index (χ2n) is 2.97. The van der Waals surface area contributed by atoms with Gasteiger partial charge in [0.2, 0.25) is 0 Å². The molecule has 10 heteroatoms. The van der Waals surface area contributed by atoms with Gasteiger partial charge in [0.15, 0.2) is 11.4 Å². The van der Waals surface area contributed by atoms with Crippen molar-refractivity contribution in [2.75, 3.05) is 0 Å². The van der Waals surface area contributed by atoms with Gasteiger partial charge in [-0.2, -0.15) is 13.2 Å². The van der Waals surface area contributed by atoms with E-state index in [1.807, 2.05) is 0 Å². The minimum Gasteiger partial charge on any atom is -0.404 e. The molecule has 1 aromatic rings. The summed E-state index contributed by atoms with van der Waals surface area (Å²) in [7, 11) is 0. The number of hydrogen-bond acceptors (Lipinski definition) is 3. The van der Waals surface area contributed by atoms with Crippen molar-refractivity contribution in [1.82, 2.24) is 4.98 Å². The van der Waals surface area contributed by atoms with E-state index < -0.39 is 39.9 Å². The van der Waals surface area contributed by atoms with Crippen molar-refractivity contribution in [3.63, 3.8) is 0 Å². The molecule has 1 heterocycles. The lowest BCUT2D eigenvalue weighted by molar-refractivity contribution is -0.275. The minimum absolute atomic E-state index is 0.523. The van der Waals surface area contributed by atoms with Crippen LogP contribution in [0.15, 0.2) is 6.07 Å². The molecule has 1 rings (SSSR count). The molecule has 3 nitrogen and oxygen atoms in total. The van der Waals surface area contributed by atoms with Crippen molar-refractivity contribution in [3.05, 3.63) is 21.0 Å². The number of aromatic nitrogens is 1. The maximum absolute atomic E-state index is 12.4. The van der Waals surface area contributed by atoms with Gasteiger partial charge in [0.05, 0.1) is 6.61 Å². The predicted molar refractivity (Wildman–Crippen MR) is 54.6 cm³/mol. The zero-order chi connectivity index (χ0) is 14.1. The Morgan fingerprint density at radius 3 is 2.17 bits per heavy atom. The summed E-state index contributed by atoms with van der Waals surface area (Å²) in [4.78, 5) is 2.94. The normalized spacial score (nSPS) is 12.7. The summed E-state index contributed by atoms with van der Waals surface area (Å²) in [6.07, 6.45) is -9.90. The largest absolute Gasteiger partial charge is 0.573 e. The molecule has 0 saturated carbocycles. The third-order valence-corrected chi connectivity index (χ3v) is 2.48. The fraction of sp³-hybridized carbons (Fsp3) is 0.375. The molecular weight excluding hydrogens is 383 g/mol. The van der Waals surface area contributed by atoms with Gasteiger partial charge in [0.1, 0.15) is 5.69 Å². The van der Waals surface area contributed by atoms with Crippen LogP contribution in [-0.4, -0.2) is 16.5 Å². The molecule has 0 saturated heterocycles. The van der Waals surface area contributed by atoms with Crippen molar-refractivity contribution in [3.8, 4) is 5.75 Å². The van der Waals surface area contributed by atoms with Crippen molar-refractivity contribution in [1.29, 1.82) is 0 Å². The van der Waals surface area contributed by atoms with Crippen LogP contribution in [0.2, 0.25) is 0 Å². The maximum Gasteiger partial charge on any atom is 0.573 e. The summed E-state index contributed by atoms with van der Waals surface area (Å²) in [6, 6.07) is 0.523. The first-order valence-corrected chi connectivity index (χ1v) is 5.25. The van der Waals surface area contributed by atoms with E-state index in [9.17, 15) is 26.3 Å². The quantitative estimate of drug-likeness (QED) is 0.627. The van der Waals surface area contributed by atoms with Crippen LogP contribution in [0.4, 0.5) is 26.3 Å². The van der Waals surface area contributed by atoms with Crippen LogP contribution in [0.1, 0.15) is 11.4 Å². The van der Waals surface area contributed by atoms with E-state index in [4.69, 9.17) is 5.11 Å². The summed E-state index contributed by atoms with van der Waals surface area (Å²) < 4.78 is 76.1. The first-order valence-electron chi connectivity index (χ1n) is 4.18. The van der Waals surface area contributed by atoms with Gasteiger partial charge in [0, 0.05) is 3.57 Å². The van der Waals surface area contributed by atoms with Gasteiger partial charge in [-0.05, 0) is 28.7 Å². The molecule has 0 radical (unpaired) electrons. The first kappa shape index (κ1) is 15.3. The Labute approximate surface area is 110 Å². The van der Waals surface area contributed by atoms with Gasteiger partial charge in [-0.1, -0.05) is 0 Å². The minimum atomic E-state index is -5.07. The molecule has 0 atom stereocenters. The molecule has 1 aromatic heterocycles. The lowest BCUT2D eigenvalue weighted by Crippen LogP contribution is -2.20. The third kappa shape index (κ3) is 3.86. The van der Waals surface area contributed by atoms with Crippen LogP contribution in [0, 0.1) is 3.57 Å². The SMILES string of the molecule is OCc1nc(C(F)(F)F)c(I)cc1OC(F)(F)F. The van der Waals surface area contributed by atoms with E-state index in [1.54, 1.807) is 0 Å². The zero-order valence-electron chi connectivity index (χ0n) is 8.23. The number of rotatable bonds is 2. The molecule has 102 valence electrons. The Bertz CT molecular complexity index is 444. The van der Waals surface area contributed by atoms with E-state index in [2.05, 4.69) is 9.72 Å². The Morgan fingerprint density at radius 1 is 1.22 bits per heavy atom. The molecule has 0 aliphatic heterocycles. The van der Waals surface area contributed by atoms with E-state index >= 15 is 0 Å². The predicted octanol–water partition coefficient (Wildman–Crippen LogP) is 3.10. The molecule has 0 spiro atoms. The number of ether oxygens (including phenoxy) is 1. The Kier molecular flexibility index (Phi) is 4.30. The monoisotopic (exact) mass is 387 g/mol. The maximum atomic E-state index is 12.4. The molecule has 0 aliphatic carbocycles. The average molecular weight is 387 g/mol. The van der Waals surface area contributed by atoms with Crippen molar-refractivity contribution in [2.45, 2.75) is 19.1 Å². The molecular formula is C8H4F6INO2. The Hall–Kier alpha value is -0.780. The molecule has 0 aromatic carbocycles. The van der Waals surface area contributed by atoms with Crippen LogP contribution in [0.25, 0.3) is 0 Å². The lowest BCUT2D eigenvalue weighted by atomic mass is 10.2. The fourth-order valence-corrected chi connectivity index (χ4v) is 1.74. The second kappa shape index (κ2) is 5.07. The number of halogens is 7. The van der Waals surface area contributed by atoms with Crippen LogP contribution >= 0.6 is 22.6 Å². The Balaban J connectivity index is 3.28. The third-order valence-electron chi connectivity index (χ3n) is 1.66. The highest BCUT2D eigenvalue weighted by molar-refractivity contribution is 14.1. The van der Waals surface area contributed by atoms with Crippen LogP contribution in [-0.2, 0) is 12.8 Å². The number of pyridine rings is 1. The Morgan fingerprint density at radius 2 is 1.78 bits per heavy atom. The zero-order valence-corrected chi connectivity index (χ0v) is 10.4. The number of nitrogens with zero attached hydrogens (tertiary/aromatic N) is 1. The van der Waals surface area contributed by atoms with Crippen LogP contribution in [0.3, 0.4) is 0 Å². The molecule has 0 fully saturated rings. The number of hydrogen-bond donors (Lipinski definition) is 1. The topological polar surface area (TPSA) is 42.4 Å². The van der Waals surface area contributed by atoms with E-state index in [-0.39, 0.29) is 0 Å². The molecule has 0 amide bonds. The van der Waals surface area contributed by atoms with Gasteiger partial charge in [-0.3, -0.25) is 0 Å². The van der Waals surface area contributed by atoms with Crippen molar-refractivity contribution < 1.29 is 36.2 Å².